The van der Waals surface area contributed by atoms with Gasteiger partial charge in [-0.25, -0.2) is 0 Å². The average molecular weight is 241 g/mol. The molecule has 0 atom stereocenters. The molecule has 1 nitrogen and oxygen atoms in total. The number of nitrogens with zero attached hydrogens (tertiary/aromatic N) is 1. The summed E-state index contributed by atoms with van der Waals surface area (Å²) in [5.41, 5.74) is 4.38. The van der Waals surface area contributed by atoms with E-state index in [0.717, 1.165) is 0 Å². The summed E-state index contributed by atoms with van der Waals surface area (Å²) in [6.07, 6.45) is 8.12. The van der Waals surface area contributed by atoms with Gasteiger partial charge in [0.1, 0.15) is 9.68 Å². The number of rotatable bonds is 10. The Labute approximate surface area is 105 Å². The average Bonchev–Trinajstić information content (AvgIpc) is 2.32. The molecule has 0 heterocycles. The molecule has 0 unspecified atom stereocenters. The van der Waals surface area contributed by atoms with Crippen LogP contribution in [-0.4, -0.2) is 27.3 Å². The van der Waals surface area contributed by atoms with E-state index in [1.165, 1.54) is 51.6 Å². The molecule has 16 heavy (non-hydrogen) atoms. The van der Waals surface area contributed by atoms with E-state index >= 15 is 0 Å². The molecule has 0 amide bonds. The Balaban J connectivity index is 4.07. The van der Waals surface area contributed by atoms with Gasteiger partial charge in [0.15, 0.2) is 0 Å². The Kier molecular flexibility index (Phi) is 11.3. The van der Waals surface area contributed by atoms with Crippen molar-refractivity contribution in [2.75, 3.05) is 13.1 Å². The maximum atomic E-state index is 2.62. The van der Waals surface area contributed by atoms with Crippen LogP contribution in [0.5, 0.6) is 0 Å². The summed E-state index contributed by atoms with van der Waals surface area (Å²) in [5.74, 6) is 0. The Hall–Kier alpha value is -0.0831. The third kappa shape index (κ3) is 8.11. The van der Waals surface area contributed by atoms with Crippen molar-refractivity contribution in [1.29, 1.82) is 0 Å². The van der Waals surface area contributed by atoms with Crippen LogP contribution in [0.4, 0.5) is 0 Å². The molecular formula is C14H31NSi. The number of hydrogen-bond acceptors (Lipinski definition) is 1. The molecular weight excluding hydrogens is 210 g/mol. The first-order valence-electron chi connectivity index (χ1n) is 7.18. The SMILES string of the molecule is CCCCC(=C[SiH2]N(CC)CC)CCCC. The van der Waals surface area contributed by atoms with Gasteiger partial charge in [0.05, 0.1) is 0 Å². The first-order chi connectivity index (χ1) is 7.78. The fourth-order valence-corrected chi connectivity index (χ4v) is 3.32. The summed E-state index contributed by atoms with van der Waals surface area (Å²) in [6, 6.07) is 0. The Morgan fingerprint density at radius 1 is 0.938 bits per heavy atom. The lowest BCUT2D eigenvalue weighted by Crippen LogP contribution is -2.26. The molecule has 0 aliphatic rings. The van der Waals surface area contributed by atoms with Crippen LogP contribution in [0.2, 0.25) is 0 Å². The summed E-state index contributed by atoms with van der Waals surface area (Å²) >= 11 is 0. The van der Waals surface area contributed by atoms with E-state index in [0.29, 0.717) is 0 Å². The van der Waals surface area contributed by atoms with Crippen molar-refractivity contribution in [3.63, 3.8) is 0 Å². The molecule has 0 aromatic carbocycles. The zero-order valence-electron chi connectivity index (χ0n) is 11.9. The molecule has 0 rings (SSSR count). The summed E-state index contributed by atoms with van der Waals surface area (Å²) in [4.78, 5) is 0. The Morgan fingerprint density at radius 2 is 1.44 bits per heavy atom. The second kappa shape index (κ2) is 11.4. The van der Waals surface area contributed by atoms with Gasteiger partial charge in [-0.2, -0.15) is 0 Å². The van der Waals surface area contributed by atoms with Gasteiger partial charge in [-0.05, 0) is 38.8 Å². The fraction of sp³-hybridized carbons (Fsp3) is 0.857. The van der Waals surface area contributed by atoms with Crippen LogP contribution >= 0.6 is 0 Å². The maximum absolute atomic E-state index is 2.62. The van der Waals surface area contributed by atoms with Gasteiger partial charge in [0.25, 0.3) is 0 Å². The molecule has 0 bridgehead atoms. The highest BCUT2D eigenvalue weighted by Crippen LogP contribution is 2.14. The molecule has 0 N–H and O–H groups in total. The van der Waals surface area contributed by atoms with Gasteiger partial charge >= 0.3 is 0 Å². The van der Waals surface area contributed by atoms with Gasteiger partial charge in [0.2, 0.25) is 0 Å². The molecule has 2 heteroatoms. The predicted molar refractivity (Wildman–Crippen MR) is 78.6 cm³/mol. The largest absolute Gasteiger partial charge is 0.326 e. The molecule has 96 valence electrons. The molecule has 0 aromatic heterocycles. The summed E-state index contributed by atoms with van der Waals surface area (Å²) in [6.45, 7) is 11.6. The van der Waals surface area contributed by atoms with E-state index in [1.54, 1.807) is 5.57 Å². The highest BCUT2D eigenvalue weighted by molar-refractivity contribution is 6.38. The Morgan fingerprint density at radius 3 is 1.81 bits per heavy atom. The fourth-order valence-electron chi connectivity index (χ4n) is 1.88. The van der Waals surface area contributed by atoms with E-state index in [4.69, 9.17) is 0 Å². The van der Waals surface area contributed by atoms with Crippen molar-refractivity contribution in [3.05, 3.63) is 11.3 Å². The van der Waals surface area contributed by atoms with E-state index < -0.39 is 0 Å². The summed E-state index contributed by atoms with van der Waals surface area (Å²) < 4.78 is 2.62. The van der Waals surface area contributed by atoms with Crippen LogP contribution < -0.4 is 0 Å². The highest BCUT2D eigenvalue weighted by Gasteiger charge is 2.00. The zero-order valence-corrected chi connectivity index (χ0v) is 13.3. The second-order valence-electron chi connectivity index (χ2n) is 4.56. The molecule has 0 aromatic rings. The molecule has 0 aliphatic carbocycles. The minimum Gasteiger partial charge on any atom is -0.326 e. The topological polar surface area (TPSA) is 3.24 Å². The van der Waals surface area contributed by atoms with Gasteiger partial charge in [-0.3, -0.25) is 0 Å². The van der Waals surface area contributed by atoms with Crippen LogP contribution in [-0.2, 0) is 0 Å². The smallest absolute Gasteiger partial charge is 0.119 e. The van der Waals surface area contributed by atoms with Gasteiger partial charge in [-0.15, -0.1) is 0 Å². The molecule has 0 aliphatic heterocycles. The maximum Gasteiger partial charge on any atom is 0.119 e. The molecule has 0 saturated carbocycles. The molecule has 0 saturated heterocycles. The van der Waals surface area contributed by atoms with Crippen molar-refractivity contribution in [2.24, 2.45) is 0 Å². The lowest BCUT2D eigenvalue weighted by atomic mass is 10.1. The second-order valence-corrected chi connectivity index (χ2v) is 6.22. The third-order valence-corrected chi connectivity index (χ3v) is 5.41. The van der Waals surface area contributed by atoms with Gasteiger partial charge in [-0.1, -0.05) is 51.8 Å². The predicted octanol–water partition coefficient (Wildman–Crippen LogP) is 3.68. The minimum absolute atomic E-state index is 0.107. The minimum atomic E-state index is -0.107. The lowest BCUT2D eigenvalue weighted by Gasteiger charge is -2.16. The summed E-state index contributed by atoms with van der Waals surface area (Å²) in [7, 11) is -0.107. The van der Waals surface area contributed by atoms with E-state index in [1.807, 2.05) is 0 Å². The first kappa shape index (κ1) is 15.9. The quantitative estimate of drug-likeness (QED) is 0.528. The van der Waals surface area contributed by atoms with Crippen LogP contribution in [0.3, 0.4) is 0 Å². The van der Waals surface area contributed by atoms with E-state index in [-0.39, 0.29) is 9.68 Å². The van der Waals surface area contributed by atoms with Crippen LogP contribution in [0.1, 0.15) is 66.2 Å². The number of allylic oxidation sites excluding steroid dienone is 1. The van der Waals surface area contributed by atoms with Crippen LogP contribution in [0.15, 0.2) is 11.3 Å². The van der Waals surface area contributed by atoms with Gasteiger partial charge in [0, 0.05) is 0 Å². The standard InChI is InChI=1S/C14H31NSi/c1-5-9-11-14(12-10-6-2)13-16-15(7-3)8-4/h13H,5-12,16H2,1-4H3. The van der Waals surface area contributed by atoms with E-state index in [2.05, 4.69) is 38.0 Å². The molecule has 0 radical (unpaired) electrons. The normalized spacial score (nSPS) is 11.6. The first-order valence-corrected chi connectivity index (χ1v) is 8.63. The lowest BCUT2D eigenvalue weighted by molar-refractivity contribution is 0.497. The van der Waals surface area contributed by atoms with E-state index in [9.17, 15) is 0 Å². The van der Waals surface area contributed by atoms with Crippen molar-refractivity contribution < 1.29 is 0 Å². The molecule has 0 spiro atoms. The van der Waals surface area contributed by atoms with Crippen molar-refractivity contribution in [3.8, 4) is 0 Å². The zero-order chi connectivity index (χ0) is 12.2. The summed E-state index contributed by atoms with van der Waals surface area (Å²) in [5, 5.41) is 0. The van der Waals surface area contributed by atoms with Crippen LogP contribution in [0, 0.1) is 0 Å². The van der Waals surface area contributed by atoms with Crippen molar-refractivity contribution >= 4 is 9.68 Å². The molecule has 0 fully saturated rings. The van der Waals surface area contributed by atoms with Crippen LogP contribution in [0.25, 0.3) is 0 Å². The van der Waals surface area contributed by atoms with Crippen molar-refractivity contribution in [2.45, 2.75) is 66.2 Å². The number of hydrogen-bond donors (Lipinski definition) is 0. The highest BCUT2D eigenvalue weighted by atomic mass is 28.2. The Bertz CT molecular complexity index is 164. The van der Waals surface area contributed by atoms with Gasteiger partial charge < -0.3 is 4.57 Å². The number of unbranched alkanes of at least 4 members (excludes halogenated alkanes) is 2. The van der Waals surface area contributed by atoms with Crippen molar-refractivity contribution in [1.82, 2.24) is 4.57 Å². The monoisotopic (exact) mass is 241 g/mol. The third-order valence-electron chi connectivity index (χ3n) is 3.24.